The molecule has 2 saturated heterocycles. The molecule has 11 heteroatoms. The van der Waals surface area contributed by atoms with Gasteiger partial charge in [0, 0.05) is 62.7 Å². The van der Waals surface area contributed by atoms with Gasteiger partial charge in [-0.1, -0.05) is 61.3 Å². The average molecular weight is 792 g/mol. The lowest BCUT2D eigenvalue weighted by atomic mass is 9.87. The van der Waals surface area contributed by atoms with Crippen LogP contribution in [0, 0.1) is 11.8 Å². The Bertz CT molecular complexity index is 1190. The number of carbonyl (C=O) groups is 1. The van der Waals surface area contributed by atoms with Crippen LogP contribution in [0.5, 0.6) is 0 Å². The average Bonchev–Trinajstić information content (AvgIpc) is 3.19. The highest BCUT2D eigenvalue weighted by Gasteiger charge is 2.38. The predicted molar refractivity (Wildman–Crippen MR) is 221 cm³/mol. The molecule has 2 unspecified atom stereocenters. The summed E-state index contributed by atoms with van der Waals surface area (Å²) >= 11 is 12.6. The van der Waals surface area contributed by atoms with Crippen molar-refractivity contribution in [2.45, 2.75) is 77.3 Å². The summed E-state index contributed by atoms with van der Waals surface area (Å²) in [7, 11) is 0. The molecule has 0 aromatic heterocycles. The van der Waals surface area contributed by atoms with Gasteiger partial charge in [-0.05, 0) is 138 Å². The molecule has 2 aromatic carbocycles. The summed E-state index contributed by atoms with van der Waals surface area (Å²) in [5.41, 5.74) is 2.26. The molecule has 4 rings (SSSR count). The van der Waals surface area contributed by atoms with E-state index in [1.165, 1.54) is 0 Å². The Hall–Kier alpha value is -1.63. The molecular weight excluding hydrogens is 723 g/mol. The Morgan fingerprint density at radius 1 is 0.667 bits per heavy atom. The SMILES string of the molecule is CCN(CCO)CCCOCC1CCN(C(Cc2ccc(Cl)cc2)C(=O)C(Cc2ccc(Cl)cc2)N2CCC(COCCCN(CC)CCO)CC2)CC1. The molecule has 2 aliphatic heterocycles. The Kier molecular flexibility index (Phi) is 21.4. The highest BCUT2D eigenvalue weighted by Crippen LogP contribution is 2.27. The number of benzene rings is 2. The van der Waals surface area contributed by atoms with Gasteiger partial charge >= 0.3 is 0 Å². The van der Waals surface area contributed by atoms with Crippen LogP contribution >= 0.6 is 23.2 Å². The van der Waals surface area contributed by atoms with E-state index < -0.39 is 0 Å². The van der Waals surface area contributed by atoms with Gasteiger partial charge in [-0.25, -0.2) is 0 Å². The van der Waals surface area contributed by atoms with Crippen LogP contribution in [0.2, 0.25) is 10.0 Å². The van der Waals surface area contributed by atoms with Crippen molar-refractivity contribution in [1.29, 1.82) is 0 Å². The van der Waals surface area contributed by atoms with Crippen molar-refractivity contribution in [2.24, 2.45) is 11.8 Å². The second-order valence-corrected chi connectivity index (χ2v) is 16.1. The van der Waals surface area contributed by atoms with Crippen molar-refractivity contribution in [2.75, 3.05) is 105 Å². The Labute approximate surface area is 335 Å². The van der Waals surface area contributed by atoms with E-state index in [0.29, 0.717) is 53.6 Å². The Balaban J connectivity index is 1.38. The smallest absolute Gasteiger partial charge is 0.167 e. The Morgan fingerprint density at radius 2 is 1.04 bits per heavy atom. The first-order valence-electron chi connectivity index (χ1n) is 20.7. The molecule has 54 heavy (non-hydrogen) atoms. The van der Waals surface area contributed by atoms with Crippen molar-refractivity contribution in [3.8, 4) is 0 Å². The first-order chi connectivity index (χ1) is 26.3. The summed E-state index contributed by atoms with van der Waals surface area (Å²) in [6.45, 7) is 16.3. The molecule has 0 amide bonds. The van der Waals surface area contributed by atoms with Crippen LogP contribution in [0.1, 0.15) is 63.5 Å². The number of likely N-dealkylation sites (N-methyl/N-ethyl adjacent to an activating group) is 2. The highest BCUT2D eigenvalue weighted by molar-refractivity contribution is 6.30. The van der Waals surface area contributed by atoms with Gasteiger partial charge in [0.25, 0.3) is 0 Å². The molecule has 2 fully saturated rings. The van der Waals surface area contributed by atoms with Gasteiger partial charge < -0.3 is 29.5 Å². The summed E-state index contributed by atoms with van der Waals surface area (Å²) in [4.78, 5) is 24.5. The molecule has 0 aliphatic carbocycles. The second-order valence-electron chi connectivity index (χ2n) is 15.2. The Morgan fingerprint density at radius 3 is 1.37 bits per heavy atom. The lowest BCUT2D eigenvalue weighted by Gasteiger charge is -2.42. The number of piperidine rings is 2. The van der Waals surface area contributed by atoms with Crippen LogP contribution in [0.4, 0.5) is 0 Å². The second kappa shape index (κ2) is 25.6. The maximum atomic E-state index is 15.1. The fraction of sp³-hybridized carbons (Fsp3) is 0.698. The third-order valence-corrected chi connectivity index (χ3v) is 12.0. The van der Waals surface area contributed by atoms with Crippen molar-refractivity contribution in [1.82, 2.24) is 19.6 Å². The van der Waals surface area contributed by atoms with Gasteiger partial charge in [-0.2, -0.15) is 0 Å². The van der Waals surface area contributed by atoms with Crippen molar-refractivity contribution < 1.29 is 24.5 Å². The van der Waals surface area contributed by atoms with Crippen LogP contribution in [0.25, 0.3) is 0 Å². The van der Waals surface area contributed by atoms with Gasteiger partial charge in [-0.3, -0.25) is 14.6 Å². The van der Waals surface area contributed by atoms with E-state index in [0.717, 1.165) is 128 Å². The number of ether oxygens (including phenoxy) is 2. The molecule has 0 saturated carbocycles. The lowest BCUT2D eigenvalue weighted by Crippen LogP contribution is -2.56. The summed E-state index contributed by atoms with van der Waals surface area (Å²) in [6, 6.07) is 15.5. The molecule has 2 N–H and O–H groups in total. The van der Waals surface area contributed by atoms with E-state index in [-0.39, 0.29) is 25.3 Å². The number of ketones is 1. The number of nitrogens with zero attached hydrogens (tertiary/aromatic N) is 4. The normalized spacial score (nSPS) is 17.8. The number of Topliss-reactive ketones (excluding diaryl/α,β-unsaturated/α-hetero) is 1. The maximum Gasteiger partial charge on any atom is 0.167 e. The molecule has 0 bridgehead atoms. The number of rotatable bonds is 26. The zero-order valence-corrected chi connectivity index (χ0v) is 34.6. The van der Waals surface area contributed by atoms with Gasteiger partial charge in [0.1, 0.15) is 0 Å². The molecule has 2 heterocycles. The minimum Gasteiger partial charge on any atom is -0.395 e. The summed E-state index contributed by atoms with van der Waals surface area (Å²) in [5.74, 6) is 1.28. The van der Waals surface area contributed by atoms with Crippen LogP contribution in [-0.2, 0) is 27.1 Å². The third kappa shape index (κ3) is 15.7. The number of hydrogen-bond donors (Lipinski definition) is 2. The van der Waals surface area contributed by atoms with Crippen LogP contribution in [-0.4, -0.2) is 153 Å². The monoisotopic (exact) mass is 790 g/mol. The first kappa shape index (κ1) is 45.1. The molecule has 304 valence electrons. The highest BCUT2D eigenvalue weighted by atomic mass is 35.5. The van der Waals surface area contributed by atoms with Crippen LogP contribution in [0.15, 0.2) is 48.5 Å². The van der Waals surface area contributed by atoms with E-state index in [2.05, 4.69) is 57.7 Å². The van der Waals surface area contributed by atoms with E-state index >= 15 is 4.79 Å². The number of carbonyl (C=O) groups excluding carboxylic acids is 1. The number of aliphatic hydroxyl groups excluding tert-OH is 2. The van der Waals surface area contributed by atoms with Gasteiger partial charge in [-0.15, -0.1) is 0 Å². The standard InChI is InChI=1S/C43H68Cl2N4O5/c1-3-46(25-27-50)19-5-29-53-33-37-15-21-48(22-16-37)41(31-35-7-11-39(44)12-8-35)43(52)42(32-36-9-13-40(45)14-10-36)49-23-17-38(18-24-49)34-54-30-6-20-47(4-2)26-28-51/h7-14,37-38,41-42,50-51H,3-6,15-34H2,1-2H3. The fourth-order valence-electron chi connectivity index (χ4n) is 8.01. The summed E-state index contributed by atoms with van der Waals surface area (Å²) < 4.78 is 12.3. The largest absolute Gasteiger partial charge is 0.395 e. The summed E-state index contributed by atoms with van der Waals surface area (Å²) in [5, 5.41) is 19.9. The van der Waals surface area contributed by atoms with Gasteiger partial charge in [0.05, 0.1) is 25.3 Å². The number of halogens is 2. The maximum absolute atomic E-state index is 15.1. The van der Waals surface area contributed by atoms with Gasteiger partial charge in [0.2, 0.25) is 0 Å². The minimum atomic E-state index is -0.230. The van der Waals surface area contributed by atoms with E-state index in [9.17, 15) is 10.2 Å². The number of aliphatic hydroxyl groups is 2. The fourth-order valence-corrected chi connectivity index (χ4v) is 8.26. The van der Waals surface area contributed by atoms with Crippen molar-refractivity contribution >= 4 is 29.0 Å². The van der Waals surface area contributed by atoms with E-state index in [4.69, 9.17) is 32.7 Å². The van der Waals surface area contributed by atoms with E-state index in [1.807, 2.05) is 24.3 Å². The van der Waals surface area contributed by atoms with Crippen molar-refractivity contribution in [3.05, 3.63) is 69.7 Å². The molecule has 0 spiro atoms. The molecule has 9 nitrogen and oxygen atoms in total. The van der Waals surface area contributed by atoms with Crippen molar-refractivity contribution in [3.63, 3.8) is 0 Å². The minimum absolute atomic E-state index is 0.192. The quantitative estimate of drug-likeness (QED) is 0.112. The predicted octanol–water partition coefficient (Wildman–Crippen LogP) is 5.95. The molecule has 2 aliphatic rings. The number of hydrogen-bond acceptors (Lipinski definition) is 9. The van der Waals surface area contributed by atoms with E-state index in [1.54, 1.807) is 0 Å². The van der Waals surface area contributed by atoms with Crippen LogP contribution in [0.3, 0.4) is 0 Å². The molecular formula is C43H68Cl2N4O5. The first-order valence-corrected chi connectivity index (χ1v) is 21.4. The topological polar surface area (TPSA) is 89.0 Å². The summed E-state index contributed by atoms with van der Waals surface area (Å²) in [6.07, 6.45) is 7.31. The zero-order chi connectivity index (χ0) is 38.5. The van der Waals surface area contributed by atoms with Gasteiger partial charge in [0.15, 0.2) is 5.78 Å². The lowest BCUT2D eigenvalue weighted by molar-refractivity contribution is -0.131. The molecule has 2 aromatic rings. The third-order valence-electron chi connectivity index (χ3n) is 11.5. The number of likely N-dealkylation sites (tertiary alicyclic amines) is 2. The zero-order valence-electron chi connectivity index (χ0n) is 33.1. The molecule has 2 atom stereocenters. The molecule has 0 radical (unpaired) electrons. The van der Waals surface area contributed by atoms with Crippen LogP contribution < -0.4 is 0 Å².